The third-order valence-corrected chi connectivity index (χ3v) is 9.10. The van der Waals surface area contributed by atoms with Crippen LogP contribution in [0.2, 0.25) is 0 Å². The van der Waals surface area contributed by atoms with E-state index in [1.54, 1.807) is 51.1 Å². The molecular weight excluding hydrogens is 674 g/mol. The molecule has 12 nitrogen and oxygen atoms in total. The van der Waals surface area contributed by atoms with Crippen LogP contribution >= 0.6 is 39.0 Å². The highest BCUT2D eigenvalue weighted by atomic mass is 79.9. The average molecular weight is 699 g/mol. The molecule has 0 bridgehead atoms. The zero-order chi connectivity index (χ0) is 31.7. The molecule has 2 aromatic carbocycles. The Bertz CT molecular complexity index is 2100. The number of rotatable bonds is 8. The van der Waals surface area contributed by atoms with Crippen molar-refractivity contribution in [3.8, 4) is 5.75 Å². The Morgan fingerprint density at radius 3 is 2.66 bits per heavy atom. The van der Waals surface area contributed by atoms with Crippen molar-refractivity contribution in [3.63, 3.8) is 0 Å². The van der Waals surface area contributed by atoms with Crippen LogP contribution in [0.15, 0.2) is 82.8 Å². The van der Waals surface area contributed by atoms with Crippen LogP contribution in [0.5, 0.6) is 5.75 Å². The number of hydrogen-bond acceptors (Lipinski definition) is 11. The van der Waals surface area contributed by atoms with Crippen molar-refractivity contribution in [1.29, 1.82) is 0 Å². The maximum Gasteiger partial charge on any atom is 0.338 e. The number of carbonyl (C=O) groups is 1. The van der Waals surface area contributed by atoms with E-state index in [4.69, 9.17) is 9.47 Å². The van der Waals surface area contributed by atoms with Crippen molar-refractivity contribution >= 4 is 56.8 Å². The number of aryl methyl sites for hydroxylation is 1. The van der Waals surface area contributed by atoms with Gasteiger partial charge in [-0.2, -0.15) is 0 Å². The van der Waals surface area contributed by atoms with Crippen LogP contribution in [-0.2, 0) is 9.53 Å². The second-order valence-electron chi connectivity index (χ2n) is 9.47. The smallest absolute Gasteiger partial charge is 0.338 e. The standard InChI is InChI=1S/C29H24BrN5O7S2/c1-5-42-27(38)24-15(3)32-29-34(25(24)17-7-8-20(41-4)18(30)13-17)26(37)22(44-29)12-16-6-9-21(19(11-16)35(39)40)43-28-31-14(2)10-23(36)33-28/h6-13,25H,5H2,1-4H3,(H,31,33,36)/b22-12+/t25-/m0/s1. The summed E-state index contributed by atoms with van der Waals surface area (Å²) in [5, 5.41) is 12.2. The summed E-state index contributed by atoms with van der Waals surface area (Å²) in [4.78, 5) is 62.3. The summed E-state index contributed by atoms with van der Waals surface area (Å²) in [6.07, 6.45) is 1.54. The lowest BCUT2D eigenvalue weighted by molar-refractivity contribution is -0.387. The summed E-state index contributed by atoms with van der Waals surface area (Å²) in [5.74, 6) is -0.0135. The molecule has 1 aliphatic heterocycles. The number of aromatic nitrogens is 3. The van der Waals surface area contributed by atoms with E-state index in [1.165, 1.54) is 29.9 Å². The van der Waals surface area contributed by atoms with Crippen molar-refractivity contribution in [2.75, 3.05) is 13.7 Å². The monoisotopic (exact) mass is 697 g/mol. The second-order valence-corrected chi connectivity index (χ2v) is 12.4. The number of fused-ring (bicyclic) bond motifs is 1. The summed E-state index contributed by atoms with van der Waals surface area (Å²) in [6.45, 7) is 5.18. The van der Waals surface area contributed by atoms with E-state index >= 15 is 0 Å². The Hall–Kier alpha value is -4.34. The zero-order valence-electron chi connectivity index (χ0n) is 23.7. The molecule has 0 aliphatic carbocycles. The maximum atomic E-state index is 13.9. The molecule has 2 aromatic heterocycles. The molecule has 0 saturated carbocycles. The number of carbonyl (C=O) groups excluding carboxylic acids is 1. The largest absolute Gasteiger partial charge is 0.496 e. The first-order valence-electron chi connectivity index (χ1n) is 13.1. The molecule has 5 rings (SSSR count). The molecule has 1 N–H and O–H groups in total. The van der Waals surface area contributed by atoms with Gasteiger partial charge in [-0.15, -0.1) is 0 Å². The number of halogens is 1. The lowest BCUT2D eigenvalue weighted by atomic mass is 9.96. The van der Waals surface area contributed by atoms with Gasteiger partial charge in [0.25, 0.3) is 16.8 Å². The van der Waals surface area contributed by atoms with Gasteiger partial charge in [0.15, 0.2) is 9.96 Å². The fraction of sp³-hybridized carbons (Fsp3) is 0.207. The second kappa shape index (κ2) is 12.7. The number of nitro groups is 1. The first kappa shape index (κ1) is 31.1. The van der Waals surface area contributed by atoms with Gasteiger partial charge in [0, 0.05) is 17.8 Å². The predicted molar refractivity (Wildman–Crippen MR) is 168 cm³/mol. The number of methoxy groups -OCH3 is 1. The lowest BCUT2D eigenvalue weighted by Crippen LogP contribution is -2.40. The number of esters is 1. The van der Waals surface area contributed by atoms with Gasteiger partial charge in [-0.25, -0.2) is 14.8 Å². The quantitative estimate of drug-likeness (QED) is 0.124. The van der Waals surface area contributed by atoms with Crippen molar-refractivity contribution in [2.24, 2.45) is 4.99 Å². The van der Waals surface area contributed by atoms with E-state index in [2.05, 4.69) is 30.9 Å². The van der Waals surface area contributed by atoms with Crippen molar-refractivity contribution in [1.82, 2.24) is 14.5 Å². The van der Waals surface area contributed by atoms with Gasteiger partial charge < -0.3 is 14.5 Å². The Balaban J connectivity index is 1.63. The van der Waals surface area contributed by atoms with Gasteiger partial charge in [-0.05, 0) is 83.9 Å². The highest BCUT2D eigenvalue weighted by molar-refractivity contribution is 9.10. The topological polar surface area (TPSA) is 159 Å². The van der Waals surface area contributed by atoms with E-state index in [0.29, 0.717) is 37.5 Å². The average Bonchev–Trinajstić information content (AvgIpc) is 3.26. The van der Waals surface area contributed by atoms with Gasteiger partial charge in [-0.1, -0.05) is 23.5 Å². The van der Waals surface area contributed by atoms with Gasteiger partial charge >= 0.3 is 5.97 Å². The third kappa shape index (κ3) is 6.16. The number of H-pyrrole nitrogens is 1. The van der Waals surface area contributed by atoms with E-state index in [1.807, 2.05) is 0 Å². The Morgan fingerprint density at radius 1 is 1.23 bits per heavy atom. The van der Waals surface area contributed by atoms with Crippen LogP contribution < -0.4 is 25.2 Å². The van der Waals surface area contributed by atoms with Crippen LogP contribution in [0.1, 0.15) is 36.7 Å². The number of nitro benzene ring substituents is 1. The van der Waals surface area contributed by atoms with Crippen LogP contribution in [-0.4, -0.2) is 39.1 Å². The Labute approximate surface area is 266 Å². The van der Waals surface area contributed by atoms with E-state index in [9.17, 15) is 24.5 Å². The normalized spacial score (nSPS) is 14.7. The van der Waals surface area contributed by atoms with Crippen molar-refractivity contribution in [2.45, 2.75) is 36.9 Å². The van der Waals surface area contributed by atoms with E-state index < -0.39 is 22.5 Å². The van der Waals surface area contributed by atoms with E-state index in [0.717, 1.165) is 23.1 Å². The maximum absolute atomic E-state index is 13.9. The Kier molecular flexibility index (Phi) is 8.99. The first-order chi connectivity index (χ1) is 21.0. The van der Waals surface area contributed by atoms with Crippen LogP contribution in [0.4, 0.5) is 5.69 Å². The fourth-order valence-electron chi connectivity index (χ4n) is 4.67. The minimum Gasteiger partial charge on any atom is -0.496 e. The number of benzene rings is 2. The molecule has 3 heterocycles. The van der Waals surface area contributed by atoms with Crippen molar-refractivity contribution in [3.05, 3.63) is 115 Å². The SMILES string of the molecule is CCOC(=O)C1=C(C)N=c2s/c(=C/c3ccc(Sc4nc(C)cc(=O)[nH]4)c([N+](=O)[O-])c3)c(=O)n2[C@H]1c1ccc(OC)c(Br)c1. The molecule has 0 spiro atoms. The summed E-state index contributed by atoms with van der Waals surface area (Å²) in [7, 11) is 1.53. The predicted octanol–water partition coefficient (Wildman–Crippen LogP) is 4.02. The molecular formula is C29H24BrN5O7S2. The van der Waals surface area contributed by atoms with Crippen LogP contribution in [0, 0.1) is 17.0 Å². The van der Waals surface area contributed by atoms with Crippen LogP contribution in [0.3, 0.4) is 0 Å². The van der Waals surface area contributed by atoms with Gasteiger partial charge in [0.05, 0.1) is 49.9 Å². The lowest BCUT2D eigenvalue weighted by Gasteiger charge is -2.25. The molecule has 0 radical (unpaired) electrons. The van der Waals surface area contributed by atoms with Gasteiger partial charge in [-0.3, -0.25) is 24.3 Å². The zero-order valence-corrected chi connectivity index (χ0v) is 27.0. The summed E-state index contributed by atoms with van der Waals surface area (Å²) >= 11 is 5.55. The van der Waals surface area contributed by atoms with Crippen molar-refractivity contribution < 1.29 is 19.2 Å². The molecule has 4 aromatic rings. The molecule has 15 heteroatoms. The minimum absolute atomic E-state index is 0.141. The number of nitrogens with zero attached hydrogens (tertiary/aromatic N) is 4. The fourth-order valence-corrected chi connectivity index (χ4v) is 7.20. The highest BCUT2D eigenvalue weighted by Crippen LogP contribution is 2.36. The third-order valence-electron chi connectivity index (χ3n) is 6.54. The summed E-state index contributed by atoms with van der Waals surface area (Å²) in [5.41, 5.74) is 1.13. The molecule has 1 aliphatic rings. The highest BCUT2D eigenvalue weighted by Gasteiger charge is 2.33. The molecule has 1 atom stereocenters. The van der Waals surface area contributed by atoms with Gasteiger partial charge in [0.2, 0.25) is 0 Å². The summed E-state index contributed by atoms with van der Waals surface area (Å²) in [6, 6.07) is 10.3. The number of nitrogens with one attached hydrogen (secondary N) is 1. The molecule has 0 fully saturated rings. The molecule has 0 unspecified atom stereocenters. The summed E-state index contributed by atoms with van der Waals surface area (Å²) < 4.78 is 13.0. The minimum atomic E-state index is -0.841. The number of thiazole rings is 1. The number of aromatic amines is 1. The van der Waals surface area contributed by atoms with E-state index in [-0.39, 0.29) is 38.0 Å². The van der Waals surface area contributed by atoms with Gasteiger partial charge in [0.1, 0.15) is 5.75 Å². The number of allylic oxidation sites excluding steroid dienone is 1. The molecule has 0 saturated heterocycles. The molecule has 226 valence electrons. The number of hydrogen-bond donors (Lipinski definition) is 1. The number of ether oxygens (including phenoxy) is 2. The molecule has 0 amide bonds. The first-order valence-corrected chi connectivity index (χ1v) is 15.5. The van der Waals surface area contributed by atoms with Crippen LogP contribution in [0.25, 0.3) is 6.08 Å². The Morgan fingerprint density at radius 2 is 2.00 bits per heavy atom. The molecule has 44 heavy (non-hydrogen) atoms.